The first kappa shape index (κ1) is 16.5. The molecule has 2 heterocycles. The molecule has 1 aromatic rings. The Kier molecular flexibility index (Phi) is 4.48. The van der Waals surface area contributed by atoms with Crippen LogP contribution in [-0.4, -0.2) is 47.9 Å². The fourth-order valence-corrected chi connectivity index (χ4v) is 4.29. The van der Waals surface area contributed by atoms with Crippen LogP contribution in [0.5, 0.6) is 5.75 Å². The number of fused-ring (bicyclic) bond motifs is 2. The van der Waals surface area contributed by atoms with E-state index in [9.17, 15) is 9.59 Å². The molecule has 2 N–H and O–H groups in total. The van der Waals surface area contributed by atoms with Crippen molar-refractivity contribution < 1.29 is 14.3 Å². The van der Waals surface area contributed by atoms with Crippen molar-refractivity contribution in [3.05, 3.63) is 29.8 Å². The van der Waals surface area contributed by atoms with E-state index in [-0.39, 0.29) is 23.8 Å². The van der Waals surface area contributed by atoms with Gasteiger partial charge < -0.3 is 9.64 Å². The number of likely N-dealkylation sites (tertiary alicyclic amines) is 1. The molecule has 4 atom stereocenters. The van der Waals surface area contributed by atoms with Crippen LogP contribution in [-0.2, 0) is 4.79 Å². The Labute approximate surface area is 147 Å². The molecule has 0 aromatic heterocycles. The summed E-state index contributed by atoms with van der Waals surface area (Å²) in [5.74, 6) is 1.65. The van der Waals surface area contributed by atoms with Crippen molar-refractivity contribution in [3.8, 4) is 5.75 Å². The Hall–Kier alpha value is -1.92. The topological polar surface area (TPSA) is 70.7 Å². The summed E-state index contributed by atoms with van der Waals surface area (Å²) in [6, 6.07) is 7.58. The smallest absolute Gasteiger partial charge is 0.241 e. The summed E-state index contributed by atoms with van der Waals surface area (Å²) >= 11 is 0. The fourth-order valence-electron chi connectivity index (χ4n) is 4.29. The van der Waals surface area contributed by atoms with Crippen LogP contribution in [0.1, 0.15) is 43.0 Å². The molecule has 134 valence electrons. The zero-order chi connectivity index (χ0) is 17.4. The van der Waals surface area contributed by atoms with E-state index < -0.39 is 0 Å². The van der Waals surface area contributed by atoms with Gasteiger partial charge in [0.2, 0.25) is 5.91 Å². The molecule has 2 bridgehead atoms. The summed E-state index contributed by atoms with van der Waals surface area (Å²) in [6.07, 6.45) is 4.35. The molecule has 6 heteroatoms. The SMILES string of the molecule is CC(=O)c1cccc(OCC2CC(C(=O)N3C[C@H]4CC[C@H]3C4)NN2)c1. The van der Waals surface area contributed by atoms with Gasteiger partial charge >= 0.3 is 0 Å². The van der Waals surface area contributed by atoms with Gasteiger partial charge in [0.05, 0.1) is 6.04 Å². The highest BCUT2D eigenvalue weighted by atomic mass is 16.5. The minimum atomic E-state index is -0.170. The number of piperidine rings is 1. The summed E-state index contributed by atoms with van der Waals surface area (Å²) in [7, 11) is 0. The van der Waals surface area contributed by atoms with Gasteiger partial charge in [-0.3, -0.25) is 15.0 Å². The van der Waals surface area contributed by atoms with Crippen molar-refractivity contribution in [2.75, 3.05) is 13.2 Å². The number of amides is 1. The Morgan fingerprint density at radius 3 is 2.84 bits per heavy atom. The van der Waals surface area contributed by atoms with Crippen LogP contribution < -0.4 is 15.6 Å². The van der Waals surface area contributed by atoms with E-state index in [1.807, 2.05) is 12.1 Å². The van der Waals surface area contributed by atoms with Crippen LogP contribution in [0.15, 0.2) is 24.3 Å². The molecule has 1 saturated carbocycles. The van der Waals surface area contributed by atoms with Crippen molar-refractivity contribution in [2.45, 2.75) is 50.7 Å². The summed E-state index contributed by atoms with van der Waals surface area (Å²) in [4.78, 5) is 26.2. The Balaban J connectivity index is 1.29. The summed E-state index contributed by atoms with van der Waals surface area (Å²) in [5, 5.41) is 0. The number of rotatable bonds is 5. The second-order valence-electron chi connectivity index (χ2n) is 7.49. The largest absolute Gasteiger partial charge is 0.492 e. The molecule has 0 radical (unpaired) electrons. The van der Waals surface area contributed by atoms with Crippen molar-refractivity contribution in [1.29, 1.82) is 0 Å². The number of ether oxygens (including phenoxy) is 1. The highest BCUT2D eigenvalue weighted by Crippen LogP contribution is 2.37. The van der Waals surface area contributed by atoms with Crippen LogP contribution in [0.4, 0.5) is 0 Å². The third-order valence-electron chi connectivity index (χ3n) is 5.66. The average molecular weight is 343 g/mol. The highest BCUT2D eigenvalue weighted by molar-refractivity contribution is 5.94. The standard InChI is InChI=1S/C19H25N3O3/c1-12(23)14-3-2-4-17(8-14)25-11-15-9-18(21-20-15)19(24)22-10-13-5-6-16(22)7-13/h2-4,8,13,15-16,18,20-21H,5-7,9-11H2,1H3/t13-,15?,16-,18?/m0/s1. The second kappa shape index (κ2) is 6.77. The number of carbonyl (C=O) groups excluding carboxylic acids is 2. The van der Waals surface area contributed by atoms with E-state index >= 15 is 0 Å². The third-order valence-corrected chi connectivity index (χ3v) is 5.66. The van der Waals surface area contributed by atoms with Gasteiger partial charge in [-0.1, -0.05) is 12.1 Å². The van der Waals surface area contributed by atoms with Gasteiger partial charge in [0, 0.05) is 18.2 Å². The molecule has 2 aliphatic heterocycles. The lowest BCUT2D eigenvalue weighted by Crippen LogP contribution is -2.48. The van der Waals surface area contributed by atoms with Gasteiger partial charge in [0.25, 0.3) is 0 Å². The molecule has 2 unspecified atom stereocenters. The predicted molar refractivity (Wildman–Crippen MR) is 93.2 cm³/mol. The molecule has 1 aromatic carbocycles. The van der Waals surface area contributed by atoms with E-state index in [4.69, 9.17) is 4.74 Å². The minimum Gasteiger partial charge on any atom is -0.492 e. The van der Waals surface area contributed by atoms with Gasteiger partial charge in [-0.15, -0.1) is 0 Å². The maximum absolute atomic E-state index is 12.7. The monoisotopic (exact) mass is 343 g/mol. The van der Waals surface area contributed by atoms with E-state index in [0.717, 1.165) is 25.3 Å². The first-order chi connectivity index (χ1) is 12.1. The Morgan fingerprint density at radius 1 is 1.24 bits per heavy atom. The Morgan fingerprint density at radius 2 is 2.12 bits per heavy atom. The van der Waals surface area contributed by atoms with Crippen molar-refractivity contribution in [1.82, 2.24) is 15.8 Å². The van der Waals surface area contributed by atoms with Crippen LogP contribution in [0, 0.1) is 5.92 Å². The maximum atomic E-state index is 12.7. The molecule has 3 aliphatic rings. The molecular weight excluding hydrogens is 318 g/mol. The van der Waals surface area contributed by atoms with E-state index in [1.54, 1.807) is 19.1 Å². The lowest BCUT2D eigenvalue weighted by atomic mass is 10.1. The van der Waals surface area contributed by atoms with E-state index in [1.165, 1.54) is 12.8 Å². The number of nitrogens with zero attached hydrogens (tertiary/aromatic N) is 1. The fraction of sp³-hybridized carbons (Fsp3) is 0.579. The molecule has 0 spiro atoms. The first-order valence-electron chi connectivity index (χ1n) is 9.15. The van der Waals surface area contributed by atoms with Crippen molar-refractivity contribution in [2.24, 2.45) is 5.92 Å². The molecular formula is C19H25N3O3. The number of benzene rings is 1. The Bertz CT molecular complexity index is 678. The molecule has 2 saturated heterocycles. The summed E-state index contributed by atoms with van der Waals surface area (Å²) in [5.41, 5.74) is 6.95. The normalized spacial score (nSPS) is 30.7. The average Bonchev–Trinajstić information content (AvgIpc) is 3.36. The quantitative estimate of drug-likeness (QED) is 0.793. The maximum Gasteiger partial charge on any atom is 0.241 e. The number of hydrazine groups is 1. The lowest BCUT2D eigenvalue weighted by Gasteiger charge is -2.29. The van der Waals surface area contributed by atoms with Crippen LogP contribution >= 0.6 is 0 Å². The third kappa shape index (κ3) is 3.41. The second-order valence-corrected chi connectivity index (χ2v) is 7.49. The van der Waals surface area contributed by atoms with Gasteiger partial charge in [-0.25, -0.2) is 5.43 Å². The number of carbonyl (C=O) groups is 2. The van der Waals surface area contributed by atoms with Crippen molar-refractivity contribution >= 4 is 11.7 Å². The number of ketones is 1. The van der Waals surface area contributed by atoms with E-state index in [2.05, 4.69) is 15.8 Å². The number of Topliss-reactive ketones (excluding diaryl/α,β-unsaturated/α-hetero) is 1. The zero-order valence-corrected chi connectivity index (χ0v) is 14.5. The summed E-state index contributed by atoms with van der Waals surface area (Å²) < 4.78 is 5.80. The van der Waals surface area contributed by atoms with Gasteiger partial charge in [0.1, 0.15) is 18.4 Å². The summed E-state index contributed by atoms with van der Waals surface area (Å²) in [6.45, 7) is 2.94. The predicted octanol–water partition coefficient (Wildman–Crippen LogP) is 1.51. The van der Waals surface area contributed by atoms with Crippen LogP contribution in [0.25, 0.3) is 0 Å². The van der Waals surface area contributed by atoms with Gasteiger partial charge in [-0.2, -0.15) is 0 Å². The molecule has 4 rings (SSSR count). The lowest BCUT2D eigenvalue weighted by molar-refractivity contribution is -0.134. The van der Waals surface area contributed by atoms with Gasteiger partial charge in [-0.05, 0) is 50.7 Å². The number of nitrogens with one attached hydrogen (secondary N) is 2. The molecule has 6 nitrogen and oxygen atoms in total. The van der Waals surface area contributed by atoms with Crippen LogP contribution in [0.3, 0.4) is 0 Å². The van der Waals surface area contributed by atoms with E-state index in [0.29, 0.717) is 24.0 Å². The minimum absolute atomic E-state index is 0.0247. The molecule has 1 amide bonds. The van der Waals surface area contributed by atoms with Gasteiger partial charge in [0.15, 0.2) is 5.78 Å². The number of hydrogen-bond donors (Lipinski definition) is 2. The molecule has 1 aliphatic carbocycles. The highest BCUT2D eigenvalue weighted by Gasteiger charge is 2.43. The number of hydrogen-bond acceptors (Lipinski definition) is 5. The first-order valence-corrected chi connectivity index (χ1v) is 9.15. The zero-order valence-electron chi connectivity index (χ0n) is 14.5. The molecule has 3 fully saturated rings. The van der Waals surface area contributed by atoms with Crippen molar-refractivity contribution in [3.63, 3.8) is 0 Å². The van der Waals surface area contributed by atoms with Crippen LogP contribution in [0.2, 0.25) is 0 Å². The molecule has 25 heavy (non-hydrogen) atoms.